The smallest absolute Gasteiger partial charge is 0.323 e. The molecule has 184 valence electrons. The molecule has 1 amide bonds. The van der Waals surface area contributed by atoms with Crippen LogP contribution in [0.25, 0.3) is 6.08 Å². The van der Waals surface area contributed by atoms with Gasteiger partial charge in [-0.3, -0.25) is 14.5 Å². The van der Waals surface area contributed by atoms with Crippen LogP contribution in [-0.2, 0) is 22.8 Å². The zero-order chi connectivity index (χ0) is 25.7. The molecule has 1 fully saturated rings. The van der Waals surface area contributed by atoms with Crippen LogP contribution in [0.3, 0.4) is 0 Å². The van der Waals surface area contributed by atoms with E-state index in [1.165, 1.54) is 5.56 Å². The molecule has 0 radical (unpaired) electrons. The predicted molar refractivity (Wildman–Crippen MR) is 145 cm³/mol. The minimum absolute atomic E-state index is 0.211. The van der Waals surface area contributed by atoms with E-state index in [1.807, 2.05) is 80.6 Å². The van der Waals surface area contributed by atoms with Crippen molar-refractivity contribution < 1.29 is 24.2 Å². The highest BCUT2D eigenvalue weighted by atomic mass is 32.2. The number of amides is 1. The third kappa shape index (κ3) is 6.53. The Kier molecular flexibility index (Phi) is 8.07. The fourth-order valence-corrected chi connectivity index (χ4v) is 4.72. The quantitative estimate of drug-likeness (QED) is 0.285. The molecule has 1 heterocycles. The van der Waals surface area contributed by atoms with E-state index < -0.39 is 18.4 Å². The van der Waals surface area contributed by atoms with Crippen LogP contribution in [0.5, 0.6) is 11.5 Å². The SMILES string of the molecule is Cc1ccc(COc2ccc(OCc3ccc(C)cc3)c(C=C3SC(=S)N(CC(=O)O)C3=O)c2)cc1. The molecule has 1 N–H and O–H groups in total. The van der Waals surface area contributed by atoms with Gasteiger partial charge in [0.15, 0.2) is 0 Å². The van der Waals surface area contributed by atoms with Crippen molar-refractivity contribution in [2.45, 2.75) is 27.1 Å². The highest BCUT2D eigenvalue weighted by Crippen LogP contribution is 2.35. The van der Waals surface area contributed by atoms with Gasteiger partial charge in [-0.2, -0.15) is 0 Å². The number of aliphatic carboxylic acids is 1. The Hall–Kier alpha value is -3.62. The van der Waals surface area contributed by atoms with E-state index in [9.17, 15) is 9.59 Å². The van der Waals surface area contributed by atoms with Crippen LogP contribution in [0.1, 0.15) is 27.8 Å². The first-order chi connectivity index (χ1) is 17.3. The number of hydrogen-bond acceptors (Lipinski definition) is 6. The molecule has 3 aromatic carbocycles. The molecule has 3 aromatic rings. The summed E-state index contributed by atoms with van der Waals surface area (Å²) in [5.74, 6) is -0.378. The van der Waals surface area contributed by atoms with Crippen LogP contribution in [0, 0.1) is 13.8 Å². The molecule has 8 heteroatoms. The highest BCUT2D eigenvalue weighted by molar-refractivity contribution is 8.26. The molecule has 0 spiro atoms. The van der Waals surface area contributed by atoms with Crippen LogP contribution in [0.4, 0.5) is 0 Å². The number of nitrogens with zero attached hydrogens (tertiary/aromatic N) is 1. The topological polar surface area (TPSA) is 76.1 Å². The molecule has 0 unspecified atom stereocenters. The first-order valence-corrected chi connectivity index (χ1v) is 12.5. The zero-order valence-electron chi connectivity index (χ0n) is 19.9. The third-order valence-electron chi connectivity index (χ3n) is 5.48. The number of ether oxygens (including phenoxy) is 2. The van der Waals surface area contributed by atoms with E-state index in [0.29, 0.717) is 35.2 Å². The van der Waals surface area contributed by atoms with Gasteiger partial charge in [0.05, 0.1) is 4.91 Å². The van der Waals surface area contributed by atoms with Gasteiger partial charge in [-0.05, 0) is 49.2 Å². The normalized spacial score (nSPS) is 14.4. The molecule has 1 saturated heterocycles. The highest BCUT2D eigenvalue weighted by Gasteiger charge is 2.33. The lowest BCUT2D eigenvalue weighted by atomic mass is 10.1. The van der Waals surface area contributed by atoms with Gasteiger partial charge in [-0.25, -0.2) is 0 Å². The maximum absolute atomic E-state index is 12.8. The van der Waals surface area contributed by atoms with Gasteiger partial charge in [0.1, 0.15) is 35.6 Å². The lowest BCUT2D eigenvalue weighted by Gasteiger charge is -2.13. The second-order valence-electron chi connectivity index (χ2n) is 8.41. The number of carboxylic acids is 1. The van der Waals surface area contributed by atoms with Crippen molar-refractivity contribution in [3.05, 3.63) is 99.5 Å². The molecule has 0 saturated carbocycles. The number of carbonyl (C=O) groups is 2. The Balaban J connectivity index is 1.59. The summed E-state index contributed by atoms with van der Waals surface area (Å²) in [4.78, 5) is 25.4. The van der Waals surface area contributed by atoms with Crippen molar-refractivity contribution in [3.63, 3.8) is 0 Å². The molecular weight excluding hydrogens is 494 g/mol. The standard InChI is InChI=1S/C28H25NO5S2/c1-18-3-7-20(8-4-18)16-33-23-11-12-24(34-17-21-9-5-19(2)6-10-21)22(13-23)14-25-27(32)29(15-26(30)31)28(35)36-25/h3-14H,15-17H2,1-2H3,(H,30,31). The third-order valence-corrected chi connectivity index (χ3v) is 6.85. The Morgan fingerprint density at radius 2 is 1.53 bits per heavy atom. The summed E-state index contributed by atoms with van der Waals surface area (Å²) < 4.78 is 12.3. The average molecular weight is 520 g/mol. The summed E-state index contributed by atoms with van der Waals surface area (Å²) in [7, 11) is 0. The van der Waals surface area contributed by atoms with Crippen molar-refractivity contribution in [2.75, 3.05) is 6.54 Å². The first kappa shape index (κ1) is 25.5. The van der Waals surface area contributed by atoms with Crippen molar-refractivity contribution >= 4 is 46.3 Å². The number of benzene rings is 3. The van der Waals surface area contributed by atoms with E-state index >= 15 is 0 Å². The number of carboxylic acid groups (broad SMARTS) is 1. The lowest BCUT2D eigenvalue weighted by Crippen LogP contribution is -2.33. The summed E-state index contributed by atoms with van der Waals surface area (Å²) in [6.07, 6.45) is 1.67. The van der Waals surface area contributed by atoms with Crippen molar-refractivity contribution in [2.24, 2.45) is 0 Å². The summed E-state index contributed by atoms with van der Waals surface area (Å²) in [6, 6.07) is 21.6. The van der Waals surface area contributed by atoms with Gasteiger partial charge in [0.25, 0.3) is 5.91 Å². The minimum Gasteiger partial charge on any atom is -0.489 e. The Morgan fingerprint density at radius 1 is 0.944 bits per heavy atom. The number of thioether (sulfide) groups is 1. The number of carbonyl (C=O) groups excluding carboxylic acids is 1. The van der Waals surface area contributed by atoms with Gasteiger partial charge in [-0.15, -0.1) is 0 Å². The van der Waals surface area contributed by atoms with Crippen molar-refractivity contribution in [1.29, 1.82) is 0 Å². The second-order valence-corrected chi connectivity index (χ2v) is 10.1. The Bertz CT molecular complexity index is 1320. The average Bonchev–Trinajstić information content (AvgIpc) is 3.11. The zero-order valence-corrected chi connectivity index (χ0v) is 21.5. The van der Waals surface area contributed by atoms with Crippen LogP contribution in [0.15, 0.2) is 71.6 Å². The van der Waals surface area contributed by atoms with Gasteiger partial charge >= 0.3 is 5.97 Å². The van der Waals surface area contributed by atoms with E-state index in [4.69, 9.17) is 26.8 Å². The lowest BCUT2D eigenvalue weighted by molar-refractivity contribution is -0.140. The van der Waals surface area contributed by atoms with Crippen LogP contribution < -0.4 is 9.47 Å². The fraction of sp³-hybridized carbons (Fsp3) is 0.179. The van der Waals surface area contributed by atoms with Crippen LogP contribution >= 0.6 is 24.0 Å². The minimum atomic E-state index is -1.12. The number of aryl methyl sites for hydroxylation is 2. The molecule has 0 aromatic heterocycles. The maximum atomic E-state index is 12.8. The molecule has 1 aliphatic rings. The van der Waals surface area contributed by atoms with Gasteiger partial charge in [-0.1, -0.05) is 83.6 Å². The molecular formula is C28H25NO5S2. The van der Waals surface area contributed by atoms with Crippen LogP contribution in [-0.4, -0.2) is 32.7 Å². The van der Waals surface area contributed by atoms with E-state index in [0.717, 1.165) is 33.4 Å². The second kappa shape index (κ2) is 11.4. The number of rotatable bonds is 9. The van der Waals surface area contributed by atoms with Gasteiger partial charge in [0, 0.05) is 5.56 Å². The molecule has 36 heavy (non-hydrogen) atoms. The molecule has 0 aliphatic carbocycles. The molecule has 0 bridgehead atoms. The first-order valence-electron chi connectivity index (χ1n) is 11.3. The largest absolute Gasteiger partial charge is 0.489 e. The van der Waals surface area contributed by atoms with E-state index in [-0.39, 0.29) is 4.32 Å². The molecule has 1 aliphatic heterocycles. The molecule has 6 nitrogen and oxygen atoms in total. The van der Waals surface area contributed by atoms with E-state index in [2.05, 4.69) is 0 Å². The van der Waals surface area contributed by atoms with Crippen LogP contribution in [0.2, 0.25) is 0 Å². The Morgan fingerprint density at radius 3 is 2.11 bits per heavy atom. The molecule has 4 rings (SSSR count). The fourth-order valence-electron chi connectivity index (χ4n) is 3.47. The van der Waals surface area contributed by atoms with Crippen molar-refractivity contribution in [3.8, 4) is 11.5 Å². The number of thiocarbonyl (C=S) groups is 1. The van der Waals surface area contributed by atoms with Gasteiger partial charge < -0.3 is 14.6 Å². The summed E-state index contributed by atoms with van der Waals surface area (Å²) in [5, 5.41) is 9.11. The maximum Gasteiger partial charge on any atom is 0.323 e. The summed E-state index contributed by atoms with van der Waals surface area (Å²) in [5.41, 5.74) is 5.03. The van der Waals surface area contributed by atoms with E-state index in [1.54, 1.807) is 6.08 Å². The van der Waals surface area contributed by atoms with Gasteiger partial charge in [0.2, 0.25) is 0 Å². The Labute approximate surface area is 219 Å². The predicted octanol–water partition coefficient (Wildman–Crippen LogP) is 5.75. The monoisotopic (exact) mass is 519 g/mol. The number of hydrogen-bond donors (Lipinski definition) is 1. The summed E-state index contributed by atoms with van der Waals surface area (Å²) in [6.45, 7) is 4.33. The summed E-state index contributed by atoms with van der Waals surface area (Å²) >= 11 is 6.30. The molecule has 0 atom stereocenters. The van der Waals surface area contributed by atoms with Crippen molar-refractivity contribution in [1.82, 2.24) is 4.90 Å².